The van der Waals surface area contributed by atoms with Gasteiger partial charge in [0.25, 0.3) is 0 Å². The summed E-state index contributed by atoms with van der Waals surface area (Å²) in [5, 5.41) is 2.47. The van der Waals surface area contributed by atoms with Crippen molar-refractivity contribution in [1.29, 1.82) is 0 Å². The van der Waals surface area contributed by atoms with Crippen molar-refractivity contribution in [1.82, 2.24) is 5.32 Å². The Hall–Kier alpha value is -2.14. The van der Waals surface area contributed by atoms with Gasteiger partial charge in [0.15, 0.2) is 11.5 Å². The number of hydrogen-bond donors (Lipinski definition) is 1. The maximum absolute atomic E-state index is 13.1. The van der Waals surface area contributed by atoms with Crippen LogP contribution in [-0.2, 0) is 47.9 Å². The van der Waals surface area contributed by atoms with Crippen molar-refractivity contribution in [3.8, 4) is 11.5 Å². The van der Waals surface area contributed by atoms with Gasteiger partial charge in [-0.2, -0.15) is 0 Å². The van der Waals surface area contributed by atoms with Gasteiger partial charge in [-0.05, 0) is 66.2 Å². The van der Waals surface area contributed by atoms with E-state index >= 15 is 0 Å². The molecule has 0 heterocycles. The summed E-state index contributed by atoms with van der Waals surface area (Å²) < 4.78 is 68.1. The van der Waals surface area contributed by atoms with Gasteiger partial charge in [-0.3, -0.25) is 18.1 Å². The molecule has 1 atom stereocenters. The number of hydrogen-bond acceptors (Lipinski definition) is 12. The standard InChI is InChI=1S/C23H39NO12P2/c1-9-30-37(27,31-10-2)35-19-14-13-17(16-20(19)36-38(28,32-11-3)33-12-4)15-18(21(25)29-8)24-22(26)34-23(5,6)7/h13-14,16,18H,9-12,15H2,1-8H3,(H,24,26). The Bertz CT molecular complexity index is 991. The maximum atomic E-state index is 13.1. The number of rotatable bonds is 16. The van der Waals surface area contributed by atoms with E-state index in [2.05, 4.69) is 5.32 Å². The van der Waals surface area contributed by atoms with E-state index in [9.17, 15) is 18.7 Å². The lowest BCUT2D eigenvalue weighted by Gasteiger charge is -2.24. The molecule has 1 unspecified atom stereocenters. The number of nitrogens with one attached hydrogen (secondary N) is 1. The van der Waals surface area contributed by atoms with Crippen LogP contribution in [-0.4, -0.2) is 57.2 Å². The number of ether oxygens (including phenoxy) is 2. The molecule has 1 aromatic carbocycles. The molecule has 0 aromatic heterocycles. The lowest BCUT2D eigenvalue weighted by molar-refractivity contribution is -0.143. The number of phosphoric ester groups is 2. The van der Waals surface area contributed by atoms with E-state index in [0.29, 0.717) is 5.56 Å². The topological polar surface area (TPSA) is 154 Å². The van der Waals surface area contributed by atoms with Crippen LogP contribution in [0.5, 0.6) is 11.5 Å². The van der Waals surface area contributed by atoms with Crippen LogP contribution in [0.4, 0.5) is 4.79 Å². The average molecular weight is 584 g/mol. The van der Waals surface area contributed by atoms with Crippen molar-refractivity contribution < 1.29 is 55.3 Å². The van der Waals surface area contributed by atoms with Crippen molar-refractivity contribution in [3.05, 3.63) is 23.8 Å². The molecule has 218 valence electrons. The van der Waals surface area contributed by atoms with E-state index in [1.807, 2.05) is 0 Å². The molecule has 15 heteroatoms. The van der Waals surface area contributed by atoms with E-state index in [0.717, 1.165) is 0 Å². The number of carbonyl (C=O) groups excluding carboxylic acids is 2. The molecule has 38 heavy (non-hydrogen) atoms. The van der Waals surface area contributed by atoms with Gasteiger partial charge in [-0.25, -0.2) is 18.7 Å². The van der Waals surface area contributed by atoms with Crippen LogP contribution in [0.2, 0.25) is 0 Å². The highest BCUT2D eigenvalue weighted by atomic mass is 31.2. The Labute approximate surface area is 224 Å². The Balaban J connectivity index is 3.45. The molecular weight excluding hydrogens is 544 g/mol. The van der Waals surface area contributed by atoms with Crippen LogP contribution in [0.25, 0.3) is 0 Å². The van der Waals surface area contributed by atoms with Gasteiger partial charge in [0.05, 0.1) is 33.5 Å². The van der Waals surface area contributed by atoms with E-state index in [4.69, 9.17) is 36.6 Å². The molecule has 1 rings (SSSR count). The first-order valence-corrected chi connectivity index (χ1v) is 15.0. The maximum Gasteiger partial charge on any atom is 0.530 e. The van der Waals surface area contributed by atoms with Gasteiger partial charge in [0, 0.05) is 6.42 Å². The Morgan fingerprint density at radius 1 is 0.842 bits per heavy atom. The predicted molar refractivity (Wildman–Crippen MR) is 138 cm³/mol. The zero-order valence-electron chi connectivity index (χ0n) is 23.1. The van der Waals surface area contributed by atoms with Crippen molar-refractivity contribution in [2.45, 2.75) is 66.5 Å². The lowest BCUT2D eigenvalue weighted by Crippen LogP contribution is -2.45. The number of alkyl carbamates (subject to hydrolysis) is 1. The van der Waals surface area contributed by atoms with E-state index in [1.165, 1.54) is 25.3 Å². The third kappa shape index (κ3) is 11.7. The van der Waals surface area contributed by atoms with Crippen LogP contribution < -0.4 is 14.4 Å². The van der Waals surface area contributed by atoms with Crippen LogP contribution in [0.15, 0.2) is 18.2 Å². The molecule has 0 aliphatic rings. The first-order valence-electron chi connectivity index (χ1n) is 12.1. The monoisotopic (exact) mass is 583 g/mol. The fourth-order valence-electron chi connectivity index (χ4n) is 2.90. The molecular formula is C23H39NO12P2. The zero-order valence-corrected chi connectivity index (χ0v) is 24.9. The molecule has 1 N–H and O–H groups in total. The summed E-state index contributed by atoms with van der Waals surface area (Å²) in [4.78, 5) is 24.7. The quantitative estimate of drug-likeness (QED) is 0.195. The van der Waals surface area contributed by atoms with Gasteiger partial charge in [-0.15, -0.1) is 0 Å². The molecule has 0 bridgehead atoms. The summed E-state index contributed by atoms with van der Waals surface area (Å²) in [6.45, 7) is 11.5. The van der Waals surface area contributed by atoms with E-state index < -0.39 is 39.4 Å². The summed E-state index contributed by atoms with van der Waals surface area (Å²) in [6, 6.07) is 3.11. The molecule has 13 nitrogen and oxygen atoms in total. The van der Waals surface area contributed by atoms with Crippen molar-refractivity contribution in [2.24, 2.45) is 0 Å². The molecule has 0 radical (unpaired) electrons. The first-order chi connectivity index (χ1) is 17.7. The van der Waals surface area contributed by atoms with Crippen molar-refractivity contribution in [2.75, 3.05) is 33.5 Å². The van der Waals surface area contributed by atoms with Crippen molar-refractivity contribution >= 4 is 27.7 Å². The average Bonchev–Trinajstić information content (AvgIpc) is 2.79. The molecule has 0 saturated carbocycles. The van der Waals surface area contributed by atoms with Gasteiger partial charge < -0.3 is 23.8 Å². The largest absolute Gasteiger partial charge is 0.530 e. The summed E-state index contributed by atoms with van der Waals surface area (Å²) in [7, 11) is -7.01. The van der Waals surface area contributed by atoms with E-state index in [-0.39, 0.29) is 44.3 Å². The molecule has 1 aromatic rings. The second-order valence-electron chi connectivity index (χ2n) is 8.46. The van der Waals surface area contributed by atoms with Gasteiger partial charge in [0.1, 0.15) is 11.6 Å². The normalized spacial score (nSPS) is 12.9. The fourth-order valence-corrected chi connectivity index (χ4v) is 5.30. The minimum Gasteiger partial charge on any atom is -0.467 e. The minimum absolute atomic E-state index is 0.00771. The SMILES string of the molecule is CCOP(=O)(OCC)Oc1ccc(CC(NC(=O)OC(C)(C)C)C(=O)OC)cc1OP(=O)(OCC)OCC. The Morgan fingerprint density at radius 2 is 1.32 bits per heavy atom. The highest BCUT2D eigenvalue weighted by Crippen LogP contribution is 2.55. The number of methoxy groups -OCH3 is 1. The first kappa shape index (κ1) is 33.9. The highest BCUT2D eigenvalue weighted by Gasteiger charge is 2.34. The zero-order chi connectivity index (χ0) is 29.0. The van der Waals surface area contributed by atoms with E-state index in [1.54, 1.807) is 48.5 Å². The van der Waals surface area contributed by atoms with Gasteiger partial charge >= 0.3 is 27.7 Å². The second-order valence-corrected chi connectivity index (χ2v) is 11.6. The summed E-state index contributed by atoms with van der Waals surface area (Å²) in [6.07, 6.45) is -0.902. The number of benzene rings is 1. The van der Waals surface area contributed by atoms with Crippen LogP contribution in [0.3, 0.4) is 0 Å². The van der Waals surface area contributed by atoms with Crippen molar-refractivity contribution in [3.63, 3.8) is 0 Å². The van der Waals surface area contributed by atoms with Crippen LogP contribution >= 0.6 is 15.6 Å². The van der Waals surface area contributed by atoms with Crippen LogP contribution in [0, 0.1) is 0 Å². The fraction of sp³-hybridized carbons (Fsp3) is 0.652. The molecule has 0 saturated heterocycles. The summed E-state index contributed by atoms with van der Waals surface area (Å²) in [5.74, 6) is -1.06. The molecule has 1 amide bonds. The smallest absolute Gasteiger partial charge is 0.467 e. The molecule has 0 aliphatic carbocycles. The van der Waals surface area contributed by atoms with Gasteiger partial charge in [-0.1, -0.05) is 6.07 Å². The molecule has 0 aliphatic heterocycles. The lowest BCUT2D eigenvalue weighted by atomic mass is 10.1. The minimum atomic E-state index is -4.12. The third-order valence-corrected chi connectivity index (χ3v) is 7.33. The number of esters is 1. The van der Waals surface area contributed by atoms with Gasteiger partial charge in [0.2, 0.25) is 0 Å². The number of phosphoric acid groups is 2. The predicted octanol–water partition coefficient (Wildman–Crippen LogP) is 5.42. The number of amides is 1. The highest BCUT2D eigenvalue weighted by molar-refractivity contribution is 7.49. The van der Waals surface area contributed by atoms with Crippen LogP contribution in [0.1, 0.15) is 54.0 Å². The molecule has 0 fully saturated rings. The third-order valence-electron chi connectivity index (χ3n) is 4.19. The summed E-state index contributed by atoms with van der Waals surface area (Å²) in [5.41, 5.74) is -0.375. The molecule has 0 spiro atoms. The second kappa shape index (κ2) is 15.5. The Morgan fingerprint density at radius 3 is 1.74 bits per heavy atom. The summed E-state index contributed by atoms with van der Waals surface area (Å²) >= 11 is 0. The Kier molecular flexibility index (Phi) is 13.8. The number of carbonyl (C=O) groups is 2.